The first-order valence-electron chi connectivity index (χ1n) is 8.57. The highest BCUT2D eigenvalue weighted by atomic mass is 16.5. The molecule has 0 radical (unpaired) electrons. The summed E-state index contributed by atoms with van der Waals surface area (Å²) in [5.74, 6) is 1.75. The fourth-order valence-corrected chi connectivity index (χ4v) is 3.77. The van der Waals surface area contributed by atoms with Crippen molar-refractivity contribution in [2.75, 3.05) is 54.0 Å². The van der Waals surface area contributed by atoms with E-state index in [9.17, 15) is 5.11 Å². The number of β-amino-alcohol motifs (C(OH)–C–C–N with tert-alkyl or cyclic N) is 1. The highest BCUT2D eigenvalue weighted by Gasteiger charge is 2.34. The second kappa shape index (κ2) is 7.13. The number of ether oxygens (including phenoxy) is 2. The van der Waals surface area contributed by atoms with Crippen LogP contribution >= 0.6 is 0 Å². The van der Waals surface area contributed by atoms with Gasteiger partial charge in [-0.2, -0.15) is 0 Å². The van der Waals surface area contributed by atoms with Crippen molar-refractivity contribution in [3.8, 4) is 11.5 Å². The molecule has 1 N–H and O–H groups in total. The molecule has 1 aromatic rings. The number of aliphatic hydroxyl groups is 1. The van der Waals surface area contributed by atoms with E-state index in [1.54, 1.807) is 7.11 Å². The molecule has 0 unspecified atom stereocenters. The third kappa shape index (κ3) is 4.09. The first kappa shape index (κ1) is 17.3. The standard InChI is InChI=1S/C19H28N2O3/c1-20(2)13-19(22)7-4-8-21(14-19)11-15-9-16-10-17(23-3)5-6-18(16)24-12-15/h5-6,9-10,22H,4,7-8,11-14H2,1-3H3/t19-/m0/s1. The van der Waals surface area contributed by atoms with Crippen LogP contribution in [0, 0.1) is 0 Å². The lowest BCUT2D eigenvalue weighted by molar-refractivity contribution is -0.0437. The van der Waals surface area contributed by atoms with Gasteiger partial charge >= 0.3 is 0 Å². The van der Waals surface area contributed by atoms with Crippen LogP contribution in [0.1, 0.15) is 18.4 Å². The maximum absolute atomic E-state index is 10.8. The van der Waals surface area contributed by atoms with Gasteiger partial charge in [0, 0.05) is 25.2 Å². The Morgan fingerprint density at radius 1 is 1.38 bits per heavy atom. The molecule has 0 aliphatic carbocycles. The zero-order chi connectivity index (χ0) is 17.2. The zero-order valence-corrected chi connectivity index (χ0v) is 14.9. The minimum Gasteiger partial charge on any atom is -0.497 e. The Balaban J connectivity index is 1.68. The predicted octanol–water partition coefficient (Wildman–Crippen LogP) is 1.86. The number of fused-ring (bicyclic) bond motifs is 1. The largest absolute Gasteiger partial charge is 0.497 e. The Bertz CT molecular complexity index is 615. The molecule has 3 rings (SSSR count). The van der Waals surface area contributed by atoms with Gasteiger partial charge in [0.2, 0.25) is 0 Å². The molecule has 0 aromatic heterocycles. The van der Waals surface area contributed by atoms with Gasteiger partial charge in [-0.25, -0.2) is 0 Å². The summed E-state index contributed by atoms with van der Waals surface area (Å²) in [6.45, 7) is 3.90. The van der Waals surface area contributed by atoms with E-state index < -0.39 is 5.60 Å². The first-order chi connectivity index (χ1) is 11.5. The van der Waals surface area contributed by atoms with Crippen molar-refractivity contribution in [2.24, 2.45) is 0 Å². The van der Waals surface area contributed by atoms with E-state index in [0.717, 1.165) is 43.0 Å². The molecule has 2 aliphatic heterocycles. The van der Waals surface area contributed by atoms with Crippen molar-refractivity contribution >= 4 is 6.08 Å². The first-order valence-corrected chi connectivity index (χ1v) is 8.57. The van der Waals surface area contributed by atoms with E-state index in [4.69, 9.17) is 9.47 Å². The summed E-state index contributed by atoms with van der Waals surface area (Å²) >= 11 is 0. The van der Waals surface area contributed by atoms with E-state index >= 15 is 0 Å². The minimum atomic E-state index is -0.612. The van der Waals surface area contributed by atoms with Crippen LogP contribution in [0.5, 0.6) is 11.5 Å². The number of rotatable bonds is 5. The number of likely N-dealkylation sites (N-methyl/N-ethyl adjacent to an activating group) is 1. The number of hydrogen-bond donors (Lipinski definition) is 1. The van der Waals surface area contributed by atoms with Crippen LogP contribution in [-0.4, -0.2) is 74.5 Å². The Hall–Kier alpha value is -1.56. The van der Waals surface area contributed by atoms with Gasteiger partial charge in [-0.15, -0.1) is 0 Å². The van der Waals surface area contributed by atoms with Gasteiger partial charge in [0.05, 0.1) is 12.7 Å². The molecule has 24 heavy (non-hydrogen) atoms. The van der Waals surface area contributed by atoms with Crippen LogP contribution < -0.4 is 9.47 Å². The number of piperidine rings is 1. The summed E-state index contributed by atoms with van der Waals surface area (Å²) in [5.41, 5.74) is 1.69. The number of benzene rings is 1. The molecule has 1 atom stereocenters. The van der Waals surface area contributed by atoms with Gasteiger partial charge < -0.3 is 19.5 Å². The summed E-state index contributed by atoms with van der Waals surface area (Å²) in [4.78, 5) is 4.41. The molecule has 0 bridgehead atoms. The molecular weight excluding hydrogens is 304 g/mol. The van der Waals surface area contributed by atoms with Crippen LogP contribution in [0.4, 0.5) is 0 Å². The molecule has 1 aromatic carbocycles. The molecule has 0 spiro atoms. The fourth-order valence-electron chi connectivity index (χ4n) is 3.77. The van der Waals surface area contributed by atoms with Crippen LogP contribution in [0.3, 0.4) is 0 Å². The highest BCUT2D eigenvalue weighted by Crippen LogP contribution is 2.31. The van der Waals surface area contributed by atoms with Gasteiger partial charge in [0.25, 0.3) is 0 Å². The van der Waals surface area contributed by atoms with Gasteiger partial charge in [0.15, 0.2) is 0 Å². The lowest BCUT2D eigenvalue weighted by Gasteiger charge is -2.41. The van der Waals surface area contributed by atoms with Crippen molar-refractivity contribution in [3.05, 3.63) is 29.3 Å². The Kier molecular flexibility index (Phi) is 5.13. The van der Waals surface area contributed by atoms with Crippen molar-refractivity contribution < 1.29 is 14.6 Å². The third-order valence-corrected chi connectivity index (χ3v) is 4.66. The SMILES string of the molecule is COc1ccc2c(c1)C=C(CN1CCC[C@](O)(CN(C)C)C1)CO2. The van der Waals surface area contributed by atoms with Crippen molar-refractivity contribution in [2.45, 2.75) is 18.4 Å². The van der Waals surface area contributed by atoms with E-state index in [1.807, 2.05) is 32.3 Å². The molecule has 2 aliphatic rings. The predicted molar refractivity (Wildman–Crippen MR) is 95.6 cm³/mol. The summed E-state index contributed by atoms with van der Waals surface area (Å²) in [6, 6.07) is 5.88. The molecule has 1 fully saturated rings. The van der Waals surface area contributed by atoms with Crippen LogP contribution in [-0.2, 0) is 0 Å². The monoisotopic (exact) mass is 332 g/mol. The minimum absolute atomic E-state index is 0.612. The summed E-state index contributed by atoms with van der Waals surface area (Å²) in [7, 11) is 5.70. The van der Waals surface area contributed by atoms with Crippen LogP contribution in [0.25, 0.3) is 6.08 Å². The maximum atomic E-state index is 10.8. The molecule has 2 heterocycles. The molecule has 1 saturated heterocycles. The average Bonchev–Trinajstić information content (AvgIpc) is 2.53. The number of hydrogen-bond acceptors (Lipinski definition) is 5. The van der Waals surface area contributed by atoms with E-state index in [1.165, 1.54) is 5.57 Å². The zero-order valence-electron chi connectivity index (χ0n) is 14.9. The van der Waals surface area contributed by atoms with E-state index in [0.29, 0.717) is 19.7 Å². The van der Waals surface area contributed by atoms with E-state index in [2.05, 4.69) is 15.9 Å². The number of nitrogens with zero attached hydrogens (tertiary/aromatic N) is 2. The number of methoxy groups -OCH3 is 1. The molecule has 0 saturated carbocycles. The van der Waals surface area contributed by atoms with Crippen molar-refractivity contribution in [1.29, 1.82) is 0 Å². The Labute approximate surface area is 144 Å². The second-order valence-corrected chi connectivity index (χ2v) is 7.27. The highest BCUT2D eigenvalue weighted by molar-refractivity contribution is 5.64. The Morgan fingerprint density at radius 2 is 2.21 bits per heavy atom. The van der Waals surface area contributed by atoms with Crippen molar-refractivity contribution in [3.63, 3.8) is 0 Å². The van der Waals surface area contributed by atoms with Crippen LogP contribution in [0.15, 0.2) is 23.8 Å². The average molecular weight is 332 g/mol. The number of likely N-dealkylation sites (tertiary alicyclic amines) is 1. The molecular formula is C19H28N2O3. The quantitative estimate of drug-likeness (QED) is 0.892. The molecule has 0 amide bonds. The topological polar surface area (TPSA) is 45.2 Å². The maximum Gasteiger partial charge on any atom is 0.127 e. The third-order valence-electron chi connectivity index (χ3n) is 4.66. The van der Waals surface area contributed by atoms with Gasteiger partial charge in [0.1, 0.15) is 18.1 Å². The van der Waals surface area contributed by atoms with Gasteiger partial charge in [-0.05, 0) is 63.3 Å². The van der Waals surface area contributed by atoms with Crippen molar-refractivity contribution in [1.82, 2.24) is 9.80 Å². The normalized spacial score (nSPS) is 24.3. The summed E-state index contributed by atoms with van der Waals surface area (Å²) < 4.78 is 11.2. The second-order valence-electron chi connectivity index (χ2n) is 7.27. The molecule has 132 valence electrons. The van der Waals surface area contributed by atoms with Gasteiger partial charge in [-0.1, -0.05) is 0 Å². The molecule has 5 nitrogen and oxygen atoms in total. The molecule has 5 heteroatoms. The smallest absolute Gasteiger partial charge is 0.127 e. The lowest BCUT2D eigenvalue weighted by atomic mass is 9.92. The van der Waals surface area contributed by atoms with Crippen LogP contribution in [0.2, 0.25) is 0 Å². The lowest BCUT2D eigenvalue weighted by Crippen LogP contribution is -2.53. The summed E-state index contributed by atoms with van der Waals surface area (Å²) in [5, 5.41) is 10.8. The fraction of sp³-hybridized carbons (Fsp3) is 0.579. The summed E-state index contributed by atoms with van der Waals surface area (Å²) in [6.07, 6.45) is 4.10. The van der Waals surface area contributed by atoms with Gasteiger partial charge in [-0.3, -0.25) is 4.90 Å². The van der Waals surface area contributed by atoms with E-state index in [-0.39, 0.29) is 0 Å². The Morgan fingerprint density at radius 3 is 2.96 bits per heavy atom.